The third-order valence-electron chi connectivity index (χ3n) is 3.75. The molecule has 0 saturated heterocycles. The van der Waals surface area contributed by atoms with Crippen LogP contribution in [0.25, 0.3) is 0 Å². The summed E-state index contributed by atoms with van der Waals surface area (Å²) in [6, 6.07) is 0. The second kappa shape index (κ2) is 3.81. The predicted molar refractivity (Wildman–Crippen MR) is 55.6 cm³/mol. The molecule has 0 radical (unpaired) electrons. The largest absolute Gasteiger partial charge is 0.300 e. The van der Waals surface area contributed by atoms with Crippen LogP contribution in [0.2, 0.25) is 0 Å². The van der Waals surface area contributed by atoms with Crippen molar-refractivity contribution in [1.82, 2.24) is 0 Å². The molecular weight excluding hydrogens is 160 g/mol. The molecule has 13 heavy (non-hydrogen) atoms. The first kappa shape index (κ1) is 10.7. The molecule has 1 aliphatic carbocycles. The summed E-state index contributed by atoms with van der Waals surface area (Å²) in [6.07, 6.45) is 4.06. The highest BCUT2D eigenvalue weighted by Crippen LogP contribution is 2.40. The van der Waals surface area contributed by atoms with Gasteiger partial charge in [0.25, 0.3) is 0 Å². The van der Waals surface area contributed by atoms with E-state index < -0.39 is 0 Å². The lowest BCUT2D eigenvalue weighted by atomic mass is 9.67. The van der Waals surface area contributed by atoms with Crippen molar-refractivity contribution in [3.8, 4) is 0 Å². The van der Waals surface area contributed by atoms with Gasteiger partial charge in [0.1, 0.15) is 5.78 Å². The van der Waals surface area contributed by atoms with Gasteiger partial charge in [-0.3, -0.25) is 4.79 Å². The van der Waals surface area contributed by atoms with Gasteiger partial charge in [0, 0.05) is 12.8 Å². The molecule has 1 rings (SSSR count). The van der Waals surface area contributed by atoms with E-state index in [-0.39, 0.29) is 0 Å². The Morgan fingerprint density at radius 2 is 2.00 bits per heavy atom. The maximum absolute atomic E-state index is 11.4. The summed E-state index contributed by atoms with van der Waals surface area (Å²) in [6.45, 7) is 9.02. The van der Waals surface area contributed by atoms with E-state index in [9.17, 15) is 4.79 Å². The molecular formula is C12H22O. The van der Waals surface area contributed by atoms with Crippen LogP contribution in [-0.4, -0.2) is 5.78 Å². The van der Waals surface area contributed by atoms with E-state index >= 15 is 0 Å². The van der Waals surface area contributed by atoms with Gasteiger partial charge < -0.3 is 0 Å². The lowest BCUT2D eigenvalue weighted by molar-refractivity contribution is -0.124. The van der Waals surface area contributed by atoms with Crippen LogP contribution in [0, 0.1) is 17.3 Å². The third-order valence-corrected chi connectivity index (χ3v) is 3.75. The summed E-state index contributed by atoms with van der Waals surface area (Å²) in [4.78, 5) is 11.4. The van der Waals surface area contributed by atoms with E-state index in [2.05, 4.69) is 27.7 Å². The van der Waals surface area contributed by atoms with Crippen molar-refractivity contribution in [1.29, 1.82) is 0 Å². The fourth-order valence-corrected chi connectivity index (χ4v) is 2.28. The molecule has 0 spiro atoms. The molecule has 0 bridgehead atoms. The summed E-state index contributed by atoms with van der Waals surface area (Å²) in [5.74, 6) is 1.70. The van der Waals surface area contributed by atoms with Crippen LogP contribution in [0.15, 0.2) is 0 Å². The second-order valence-electron chi connectivity index (χ2n) is 5.33. The number of rotatable bonds is 2. The molecule has 76 valence electrons. The standard InChI is InChI=1S/C12H22O/c1-5-12(3,4)10-6-9(2)7-11(13)8-10/h9-10H,5-8H2,1-4H3. The highest BCUT2D eigenvalue weighted by Gasteiger charge is 2.34. The van der Waals surface area contributed by atoms with Gasteiger partial charge in [-0.1, -0.05) is 34.1 Å². The van der Waals surface area contributed by atoms with Gasteiger partial charge in [0.2, 0.25) is 0 Å². The minimum atomic E-state index is 0.352. The van der Waals surface area contributed by atoms with Gasteiger partial charge in [-0.15, -0.1) is 0 Å². The molecule has 2 atom stereocenters. The van der Waals surface area contributed by atoms with Crippen LogP contribution in [0.1, 0.15) is 53.4 Å². The first-order chi connectivity index (χ1) is 5.95. The Morgan fingerprint density at radius 3 is 2.46 bits per heavy atom. The molecule has 0 N–H and O–H groups in total. The molecule has 0 aliphatic heterocycles. The first-order valence-corrected chi connectivity index (χ1v) is 5.47. The first-order valence-electron chi connectivity index (χ1n) is 5.47. The fraction of sp³-hybridized carbons (Fsp3) is 0.917. The van der Waals surface area contributed by atoms with Crippen molar-refractivity contribution in [2.75, 3.05) is 0 Å². The van der Waals surface area contributed by atoms with E-state index in [4.69, 9.17) is 0 Å². The number of carbonyl (C=O) groups is 1. The molecule has 0 heterocycles. The van der Waals surface area contributed by atoms with E-state index in [0.29, 0.717) is 23.0 Å². The predicted octanol–water partition coefficient (Wildman–Crippen LogP) is 3.43. The Hall–Kier alpha value is -0.330. The SMILES string of the molecule is CCC(C)(C)C1CC(=O)CC(C)C1. The molecule has 1 nitrogen and oxygen atoms in total. The molecule has 0 amide bonds. The average Bonchev–Trinajstić information content (AvgIpc) is 2.02. The van der Waals surface area contributed by atoms with E-state index in [1.165, 1.54) is 12.8 Å². The summed E-state index contributed by atoms with van der Waals surface area (Å²) < 4.78 is 0. The van der Waals surface area contributed by atoms with Gasteiger partial charge in [0.15, 0.2) is 0 Å². The maximum Gasteiger partial charge on any atom is 0.133 e. The number of Topliss-reactive ketones (excluding diaryl/α,β-unsaturated/α-hetero) is 1. The number of hydrogen-bond acceptors (Lipinski definition) is 1. The van der Waals surface area contributed by atoms with E-state index in [1.54, 1.807) is 0 Å². The van der Waals surface area contributed by atoms with Crippen molar-refractivity contribution in [3.05, 3.63) is 0 Å². The Labute approximate surface area is 81.9 Å². The number of ketones is 1. The zero-order chi connectivity index (χ0) is 10.1. The number of carbonyl (C=O) groups excluding carboxylic acids is 1. The summed E-state index contributed by atoms with van der Waals surface area (Å²) in [5, 5.41) is 0. The van der Waals surface area contributed by atoms with Crippen molar-refractivity contribution in [2.45, 2.75) is 53.4 Å². The highest BCUT2D eigenvalue weighted by molar-refractivity contribution is 5.79. The van der Waals surface area contributed by atoms with Gasteiger partial charge in [-0.05, 0) is 23.7 Å². The Kier molecular flexibility index (Phi) is 3.15. The Balaban J connectivity index is 2.64. The lowest BCUT2D eigenvalue weighted by Gasteiger charge is -2.37. The van der Waals surface area contributed by atoms with Gasteiger partial charge >= 0.3 is 0 Å². The summed E-state index contributed by atoms with van der Waals surface area (Å²) in [5.41, 5.74) is 0.352. The highest BCUT2D eigenvalue weighted by atomic mass is 16.1. The quantitative estimate of drug-likeness (QED) is 0.639. The lowest BCUT2D eigenvalue weighted by Crippen LogP contribution is -2.31. The van der Waals surface area contributed by atoms with Gasteiger partial charge in [-0.25, -0.2) is 0 Å². The Bertz CT molecular complexity index is 193. The van der Waals surface area contributed by atoms with Crippen molar-refractivity contribution in [3.63, 3.8) is 0 Å². The van der Waals surface area contributed by atoms with Crippen LogP contribution in [0.4, 0.5) is 0 Å². The van der Waals surface area contributed by atoms with Gasteiger partial charge in [-0.2, -0.15) is 0 Å². The van der Waals surface area contributed by atoms with Crippen molar-refractivity contribution in [2.24, 2.45) is 17.3 Å². The zero-order valence-electron chi connectivity index (χ0n) is 9.39. The van der Waals surface area contributed by atoms with E-state index in [1.807, 2.05) is 0 Å². The topological polar surface area (TPSA) is 17.1 Å². The van der Waals surface area contributed by atoms with Gasteiger partial charge in [0.05, 0.1) is 0 Å². The molecule has 0 aromatic heterocycles. The smallest absolute Gasteiger partial charge is 0.133 e. The molecule has 0 aromatic carbocycles. The van der Waals surface area contributed by atoms with Crippen LogP contribution < -0.4 is 0 Å². The van der Waals surface area contributed by atoms with Crippen LogP contribution in [0.5, 0.6) is 0 Å². The zero-order valence-corrected chi connectivity index (χ0v) is 9.39. The molecule has 1 heteroatoms. The summed E-state index contributed by atoms with van der Waals surface area (Å²) >= 11 is 0. The molecule has 1 aliphatic rings. The minimum absolute atomic E-state index is 0.352. The van der Waals surface area contributed by atoms with Crippen LogP contribution >= 0.6 is 0 Å². The Morgan fingerprint density at radius 1 is 1.38 bits per heavy atom. The van der Waals surface area contributed by atoms with Crippen LogP contribution in [0.3, 0.4) is 0 Å². The summed E-state index contributed by atoms with van der Waals surface area (Å²) in [7, 11) is 0. The van der Waals surface area contributed by atoms with E-state index in [0.717, 1.165) is 12.8 Å². The molecule has 0 aromatic rings. The minimum Gasteiger partial charge on any atom is -0.300 e. The average molecular weight is 182 g/mol. The molecule has 1 saturated carbocycles. The molecule has 2 unspecified atom stereocenters. The normalized spacial score (nSPS) is 30.6. The second-order valence-corrected chi connectivity index (χ2v) is 5.33. The van der Waals surface area contributed by atoms with Crippen molar-refractivity contribution < 1.29 is 4.79 Å². The maximum atomic E-state index is 11.4. The van der Waals surface area contributed by atoms with Crippen LogP contribution in [-0.2, 0) is 4.79 Å². The fourth-order valence-electron chi connectivity index (χ4n) is 2.28. The van der Waals surface area contributed by atoms with Crippen molar-refractivity contribution >= 4 is 5.78 Å². The third kappa shape index (κ3) is 2.55. The number of hydrogen-bond donors (Lipinski definition) is 0. The monoisotopic (exact) mass is 182 g/mol. The molecule has 1 fully saturated rings.